The third-order valence-corrected chi connectivity index (χ3v) is 3.48. The van der Waals surface area contributed by atoms with Crippen LogP contribution in [0.3, 0.4) is 0 Å². The lowest BCUT2D eigenvalue weighted by atomic mass is 10.0. The fourth-order valence-corrected chi connectivity index (χ4v) is 2.56. The number of para-hydroxylation sites is 1. The van der Waals surface area contributed by atoms with Gasteiger partial charge in [0.05, 0.1) is 7.11 Å². The molecule has 0 atom stereocenters. The summed E-state index contributed by atoms with van der Waals surface area (Å²) >= 11 is 0. The number of hydrogen-bond donors (Lipinski definition) is 0. The molecule has 18 heavy (non-hydrogen) atoms. The molecule has 1 heterocycles. The van der Waals surface area contributed by atoms with E-state index in [9.17, 15) is 0 Å². The minimum atomic E-state index is 0.927. The van der Waals surface area contributed by atoms with Gasteiger partial charge in [-0.05, 0) is 36.6 Å². The number of nitrogens with zero attached hydrogens (tertiary/aromatic N) is 1. The molecule has 0 fully saturated rings. The Bertz CT molecular complexity index is 536. The maximum atomic E-state index is 5.34. The Kier molecular flexibility index (Phi) is 2.93. The molecule has 0 saturated heterocycles. The molecular weight excluding hydrogens is 222 g/mol. The summed E-state index contributed by atoms with van der Waals surface area (Å²) in [6.07, 6.45) is 2.36. The van der Waals surface area contributed by atoms with Gasteiger partial charge in [-0.15, -0.1) is 0 Å². The highest BCUT2D eigenvalue weighted by atomic mass is 16.5. The molecule has 1 aliphatic heterocycles. The number of ether oxygens (including phenoxy) is 1. The van der Waals surface area contributed by atoms with Gasteiger partial charge in [-0.2, -0.15) is 0 Å². The van der Waals surface area contributed by atoms with E-state index in [0.29, 0.717) is 0 Å². The molecular formula is C16H17NO. The summed E-state index contributed by atoms with van der Waals surface area (Å²) in [6.45, 7) is 1.07. The number of anilines is 2. The third kappa shape index (κ3) is 1.94. The number of fused-ring (bicyclic) bond motifs is 1. The van der Waals surface area contributed by atoms with Crippen LogP contribution >= 0.6 is 0 Å². The average molecular weight is 239 g/mol. The van der Waals surface area contributed by atoms with Crippen LogP contribution in [-0.2, 0) is 6.42 Å². The van der Waals surface area contributed by atoms with Gasteiger partial charge in [-0.25, -0.2) is 0 Å². The predicted molar refractivity (Wildman–Crippen MR) is 74.8 cm³/mol. The van der Waals surface area contributed by atoms with Crippen molar-refractivity contribution < 1.29 is 4.74 Å². The van der Waals surface area contributed by atoms with Crippen molar-refractivity contribution in [3.63, 3.8) is 0 Å². The average Bonchev–Trinajstić information content (AvgIpc) is 2.47. The lowest BCUT2D eigenvalue weighted by Gasteiger charge is -2.31. The molecule has 0 N–H and O–H groups in total. The smallest absolute Gasteiger partial charge is 0.120 e. The van der Waals surface area contributed by atoms with Gasteiger partial charge in [0.2, 0.25) is 0 Å². The Labute approximate surface area is 108 Å². The number of benzene rings is 2. The molecule has 2 aromatic carbocycles. The highest BCUT2D eigenvalue weighted by molar-refractivity contribution is 5.69. The molecule has 92 valence electrons. The number of aryl methyl sites for hydroxylation is 1. The number of methoxy groups -OCH3 is 1. The summed E-state index contributed by atoms with van der Waals surface area (Å²) < 4.78 is 5.34. The Morgan fingerprint density at radius 2 is 1.89 bits per heavy atom. The first kappa shape index (κ1) is 11.1. The van der Waals surface area contributed by atoms with E-state index in [1.54, 1.807) is 7.11 Å². The zero-order valence-electron chi connectivity index (χ0n) is 10.6. The first-order valence-corrected chi connectivity index (χ1v) is 6.38. The zero-order chi connectivity index (χ0) is 12.4. The summed E-state index contributed by atoms with van der Waals surface area (Å²) in [4.78, 5) is 2.38. The van der Waals surface area contributed by atoms with E-state index in [4.69, 9.17) is 4.74 Å². The molecule has 2 aromatic rings. The van der Waals surface area contributed by atoms with Gasteiger partial charge in [0.25, 0.3) is 0 Å². The van der Waals surface area contributed by atoms with Crippen LogP contribution in [0.5, 0.6) is 5.75 Å². The second-order valence-electron chi connectivity index (χ2n) is 4.59. The van der Waals surface area contributed by atoms with Gasteiger partial charge < -0.3 is 9.64 Å². The van der Waals surface area contributed by atoms with Crippen molar-refractivity contribution in [3.05, 3.63) is 54.1 Å². The third-order valence-electron chi connectivity index (χ3n) is 3.48. The normalized spacial score (nSPS) is 14.2. The van der Waals surface area contributed by atoms with Crippen molar-refractivity contribution in [2.45, 2.75) is 12.8 Å². The van der Waals surface area contributed by atoms with Crippen molar-refractivity contribution in [2.24, 2.45) is 0 Å². The SMILES string of the molecule is COc1ccc2c(c1)N(c1ccccc1)CCC2. The number of hydrogen-bond acceptors (Lipinski definition) is 2. The second kappa shape index (κ2) is 4.73. The molecule has 0 aliphatic carbocycles. The van der Waals surface area contributed by atoms with Gasteiger partial charge in [0.1, 0.15) is 5.75 Å². The minimum Gasteiger partial charge on any atom is -0.497 e. The van der Waals surface area contributed by atoms with Gasteiger partial charge in [-0.3, -0.25) is 0 Å². The van der Waals surface area contributed by atoms with E-state index in [0.717, 1.165) is 18.7 Å². The van der Waals surface area contributed by atoms with Crippen LogP contribution in [0.25, 0.3) is 0 Å². The molecule has 2 nitrogen and oxygen atoms in total. The van der Waals surface area contributed by atoms with Crippen molar-refractivity contribution in [3.8, 4) is 5.75 Å². The summed E-state index contributed by atoms with van der Waals surface area (Å²) in [7, 11) is 1.72. The maximum absolute atomic E-state index is 5.34. The largest absolute Gasteiger partial charge is 0.497 e. The van der Waals surface area contributed by atoms with E-state index in [1.807, 2.05) is 6.07 Å². The van der Waals surface area contributed by atoms with E-state index in [1.165, 1.54) is 23.4 Å². The summed E-state index contributed by atoms with van der Waals surface area (Å²) in [5, 5.41) is 0. The second-order valence-corrected chi connectivity index (χ2v) is 4.59. The topological polar surface area (TPSA) is 12.5 Å². The van der Waals surface area contributed by atoms with E-state index < -0.39 is 0 Å². The minimum absolute atomic E-state index is 0.927. The van der Waals surface area contributed by atoms with E-state index in [2.05, 4.69) is 47.4 Å². The Morgan fingerprint density at radius 3 is 2.67 bits per heavy atom. The van der Waals surface area contributed by atoms with Crippen LogP contribution in [0.4, 0.5) is 11.4 Å². The zero-order valence-corrected chi connectivity index (χ0v) is 10.6. The summed E-state index contributed by atoms with van der Waals surface area (Å²) in [5.41, 5.74) is 3.95. The van der Waals surface area contributed by atoms with E-state index in [-0.39, 0.29) is 0 Å². The molecule has 0 bridgehead atoms. The molecule has 3 rings (SSSR count). The first-order valence-electron chi connectivity index (χ1n) is 6.38. The molecule has 2 heteroatoms. The van der Waals surface area contributed by atoms with Crippen LogP contribution in [0, 0.1) is 0 Å². The predicted octanol–water partition coefficient (Wildman–Crippen LogP) is 3.78. The van der Waals surface area contributed by atoms with Crippen LogP contribution < -0.4 is 9.64 Å². The Hall–Kier alpha value is -1.96. The van der Waals surface area contributed by atoms with Crippen molar-refractivity contribution >= 4 is 11.4 Å². The molecule has 0 radical (unpaired) electrons. The molecule has 0 aromatic heterocycles. The quantitative estimate of drug-likeness (QED) is 0.790. The fourth-order valence-electron chi connectivity index (χ4n) is 2.56. The highest BCUT2D eigenvalue weighted by Crippen LogP contribution is 2.35. The summed E-state index contributed by atoms with van der Waals surface area (Å²) in [6, 6.07) is 16.9. The van der Waals surface area contributed by atoms with Crippen molar-refractivity contribution in [2.75, 3.05) is 18.6 Å². The standard InChI is InChI=1S/C16H17NO/c1-18-15-10-9-13-6-5-11-17(16(13)12-15)14-7-3-2-4-8-14/h2-4,7-10,12H,5-6,11H2,1H3. The lowest BCUT2D eigenvalue weighted by molar-refractivity contribution is 0.414. The monoisotopic (exact) mass is 239 g/mol. The van der Waals surface area contributed by atoms with Crippen molar-refractivity contribution in [1.29, 1.82) is 0 Å². The maximum Gasteiger partial charge on any atom is 0.120 e. The highest BCUT2D eigenvalue weighted by Gasteiger charge is 2.18. The van der Waals surface area contributed by atoms with Crippen LogP contribution in [0.1, 0.15) is 12.0 Å². The Balaban J connectivity index is 2.05. The van der Waals surface area contributed by atoms with Crippen LogP contribution in [0.15, 0.2) is 48.5 Å². The van der Waals surface area contributed by atoms with Gasteiger partial charge in [-0.1, -0.05) is 24.3 Å². The molecule has 1 aliphatic rings. The molecule has 0 amide bonds. The van der Waals surface area contributed by atoms with E-state index >= 15 is 0 Å². The summed E-state index contributed by atoms with van der Waals surface area (Å²) in [5.74, 6) is 0.927. The van der Waals surface area contributed by atoms with Gasteiger partial charge in [0, 0.05) is 24.0 Å². The first-order chi connectivity index (χ1) is 8.88. The van der Waals surface area contributed by atoms with Gasteiger partial charge in [0.15, 0.2) is 0 Å². The van der Waals surface area contributed by atoms with Crippen LogP contribution in [0.2, 0.25) is 0 Å². The van der Waals surface area contributed by atoms with Crippen molar-refractivity contribution in [1.82, 2.24) is 0 Å². The fraction of sp³-hybridized carbons (Fsp3) is 0.250. The number of rotatable bonds is 2. The Morgan fingerprint density at radius 1 is 1.06 bits per heavy atom. The van der Waals surface area contributed by atoms with Crippen LogP contribution in [-0.4, -0.2) is 13.7 Å². The van der Waals surface area contributed by atoms with Gasteiger partial charge >= 0.3 is 0 Å². The molecule has 0 spiro atoms. The molecule has 0 unspecified atom stereocenters. The lowest BCUT2D eigenvalue weighted by Crippen LogP contribution is -2.24. The molecule has 0 saturated carbocycles.